The first-order valence-corrected chi connectivity index (χ1v) is 22.4. The molecule has 0 amide bonds. The lowest BCUT2D eigenvalue weighted by Gasteiger charge is -2.21. The van der Waals surface area contributed by atoms with Crippen LogP contribution in [-0.4, -0.2) is 19.6 Å². The molecular formula is C61H51N3O. The van der Waals surface area contributed by atoms with Gasteiger partial charge in [-0.3, -0.25) is 9.55 Å². The molecule has 1 N–H and O–H groups in total. The second-order valence-electron chi connectivity index (χ2n) is 18.3. The van der Waals surface area contributed by atoms with Crippen molar-refractivity contribution < 1.29 is 5.11 Å². The number of imidazole rings is 1. The lowest BCUT2D eigenvalue weighted by Crippen LogP contribution is -2.10. The summed E-state index contributed by atoms with van der Waals surface area (Å²) < 4.78 is 2.27. The summed E-state index contributed by atoms with van der Waals surface area (Å²) in [6.45, 7) is 13.0. The molecule has 65 heavy (non-hydrogen) atoms. The lowest BCUT2D eigenvalue weighted by molar-refractivity contribution is 0.472. The monoisotopic (exact) mass is 841 g/mol. The van der Waals surface area contributed by atoms with Crippen LogP contribution in [-0.2, 0) is 5.41 Å². The Morgan fingerprint density at radius 3 is 1.74 bits per heavy atom. The van der Waals surface area contributed by atoms with Crippen molar-refractivity contribution in [2.24, 2.45) is 0 Å². The van der Waals surface area contributed by atoms with Crippen LogP contribution in [0.3, 0.4) is 0 Å². The molecule has 0 bridgehead atoms. The minimum absolute atomic E-state index is 0.00689. The third kappa shape index (κ3) is 7.93. The molecule has 2 heterocycles. The lowest BCUT2D eigenvalue weighted by atomic mass is 9.85. The maximum Gasteiger partial charge on any atom is 0.149 e. The van der Waals surface area contributed by atoms with Gasteiger partial charge in [-0.1, -0.05) is 154 Å². The predicted molar refractivity (Wildman–Crippen MR) is 271 cm³/mol. The third-order valence-corrected chi connectivity index (χ3v) is 12.6. The number of aromatic hydroxyl groups is 1. The van der Waals surface area contributed by atoms with Crippen LogP contribution >= 0.6 is 0 Å². The molecule has 4 heteroatoms. The van der Waals surface area contributed by atoms with Gasteiger partial charge in [-0.15, -0.1) is 0 Å². The maximum absolute atomic E-state index is 12.0. The fraction of sp³-hybridized carbons (Fsp3) is 0.115. The van der Waals surface area contributed by atoms with Crippen molar-refractivity contribution in [3.63, 3.8) is 0 Å². The minimum Gasteiger partial charge on any atom is -0.507 e. The first kappa shape index (κ1) is 41.2. The zero-order chi connectivity index (χ0) is 44.8. The molecule has 0 saturated carbocycles. The number of para-hydroxylation sites is 1. The van der Waals surface area contributed by atoms with Crippen LogP contribution in [0.2, 0.25) is 0 Å². The van der Waals surface area contributed by atoms with Crippen LogP contribution < -0.4 is 0 Å². The average molecular weight is 842 g/mol. The second kappa shape index (κ2) is 16.7. The Hall–Kier alpha value is -7.82. The van der Waals surface area contributed by atoms with Crippen molar-refractivity contribution in [1.82, 2.24) is 14.5 Å². The average Bonchev–Trinajstić information content (AvgIpc) is 3.72. The highest BCUT2D eigenvalue weighted by molar-refractivity contribution is 5.99. The molecule has 0 aliphatic heterocycles. The van der Waals surface area contributed by atoms with E-state index in [1.807, 2.05) is 25.3 Å². The molecule has 0 atom stereocenters. The highest BCUT2D eigenvalue weighted by Crippen LogP contribution is 2.44. The molecule has 0 spiro atoms. The Morgan fingerprint density at radius 2 is 1.06 bits per heavy atom. The number of aromatic nitrogens is 3. The molecule has 10 aromatic rings. The van der Waals surface area contributed by atoms with Crippen LogP contribution in [0.1, 0.15) is 43.0 Å². The summed E-state index contributed by atoms with van der Waals surface area (Å²) in [6.07, 6.45) is 1.90. The number of rotatable bonds is 8. The van der Waals surface area contributed by atoms with E-state index < -0.39 is 0 Å². The molecule has 0 fully saturated rings. The number of pyridine rings is 1. The van der Waals surface area contributed by atoms with E-state index in [1.54, 1.807) is 0 Å². The van der Waals surface area contributed by atoms with E-state index in [4.69, 9.17) is 9.97 Å². The van der Waals surface area contributed by atoms with Crippen molar-refractivity contribution in [2.75, 3.05) is 0 Å². The highest BCUT2D eigenvalue weighted by Gasteiger charge is 2.25. The van der Waals surface area contributed by atoms with Crippen molar-refractivity contribution in [1.29, 1.82) is 0 Å². The van der Waals surface area contributed by atoms with Gasteiger partial charge in [0.25, 0.3) is 0 Å². The predicted octanol–water partition coefficient (Wildman–Crippen LogP) is 16.0. The van der Waals surface area contributed by atoms with Gasteiger partial charge in [-0.05, 0) is 148 Å². The normalized spacial score (nSPS) is 11.6. The van der Waals surface area contributed by atoms with E-state index in [-0.39, 0.29) is 11.2 Å². The quantitative estimate of drug-likeness (QED) is 0.166. The molecule has 316 valence electrons. The summed E-state index contributed by atoms with van der Waals surface area (Å²) >= 11 is 0. The van der Waals surface area contributed by atoms with Gasteiger partial charge in [-0.25, -0.2) is 4.98 Å². The van der Waals surface area contributed by atoms with Crippen LogP contribution in [0, 0.1) is 20.8 Å². The molecule has 0 aliphatic rings. The Kier molecular flexibility index (Phi) is 10.6. The van der Waals surface area contributed by atoms with Crippen molar-refractivity contribution >= 4 is 11.0 Å². The van der Waals surface area contributed by atoms with Crippen molar-refractivity contribution in [3.05, 3.63) is 217 Å². The first-order chi connectivity index (χ1) is 31.5. The van der Waals surface area contributed by atoms with Gasteiger partial charge in [0.2, 0.25) is 0 Å². The summed E-state index contributed by atoms with van der Waals surface area (Å²) in [5, 5.41) is 12.0. The Balaban J connectivity index is 1.26. The second-order valence-corrected chi connectivity index (χ2v) is 18.3. The molecular weight excluding hydrogens is 791 g/mol. The number of phenolic OH excluding ortho intramolecular Hbond substituents is 1. The molecule has 0 saturated heterocycles. The van der Waals surface area contributed by atoms with E-state index >= 15 is 0 Å². The van der Waals surface area contributed by atoms with Gasteiger partial charge >= 0.3 is 0 Å². The molecule has 0 radical (unpaired) electrons. The maximum atomic E-state index is 12.0. The molecule has 0 aliphatic carbocycles. The largest absolute Gasteiger partial charge is 0.507 e. The third-order valence-electron chi connectivity index (χ3n) is 12.6. The minimum atomic E-state index is 0.00689. The number of nitrogens with zero attached hydrogens (tertiary/aromatic N) is 3. The summed E-state index contributed by atoms with van der Waals surface area (Å²) in [4.78, 5) is 10.6. The van der Waals surface area contributed by atoms with Crippen LogP contribution in [0.5, 0.6) is 5.75 Å². The topological polar surface area (TPSA) is 50.9 Å². The Morgan fingerprint density at radius 1 is 0.446 bits per heavy atom. The summed E-state index contributed by atoms with van der Waals surface area (Å²) in [6, 6.07) is 66.8. The number of hydrogen-bond donors (Lipinski definition) is 1. The number of hydrogen-bond acceptors (Lipinski definition) is 3. The van der Waals surface area contributed by atoms with E-state index in [0.717, 1.165) is 94.7 Å². The standard InChI is InChI=1S/C61H51N3O/c1-39-31-41(3)59(65)54(32-39)60-63-58-51(48-34-47(43-19-12-8-13-20-43)35-49(36-48)55-37-46(29-30-62-55)42-17-10-7-11-18-42)23-16-24-56(58)64(60)57-33-40(2)52(44-21-14-9-15-22-44)38-53(57)45-25-27-50(28-26-45)61(4,5)6/h7-38,65H,1-6H3. The van der Waals surface area contributed by atoms with Crippen LogP contribution in [0.25, 0.3) is 95.0 Å². The van der Waals surface area contributed by atoms with E-state index in [1.165, 1.54) is 11.1 Å². The number of aryl methyl sites for hydroxylation is 3. The van der Waals surface area contributed by atoms with Crippen molar-refractivity contribution in [3.8, 4) is 89.7 Å². The molecule has 10 rings (SSSR count). The van der Waals surface area contributed by atoms with Gasteiger partial charge in [0.15, 0.2) is 0 Å². The van der Waals surface area contributed by atoms with Gasteiger partial charge in [0, 0.05) is 22.9 Å². The number of fused-ring (bicyclic) bond motifs is 1. The zero-order valence-corrected chi connectivity index (χ0v) is 37.8. The Labute approximate surface area is 382 Å². The van der Waals surface area contributed by atoms with Gasteiger partial charge < -0.3 is 5.11 Å². The van der Waals surface area contributed by atoms with E-state index in [9.17, 15) is 5.11 Å². The number of benzene rings is 8. The number of phenols is 1. The fourth-order valence-electron chi connectivity index (χ4n) is 9.20. The van der Waals surface area contributed by atoms with Gasteiger partial charge in [-0.2, -0.15) is 0 Å². The zero-order valence-electron chi connectivity index (χ0n) is 37.8. The van der Waals surface area contributed by atoms with Gasteiger partial charge in [0.1, 0.15) is 11.6 Å². The fourth-order valence-corrected chi connectivity index (χ4v) is 9.20. The van der Waals surface area contributed by atoms with E-state index in [2.05, 4.69) is 215 Å². The highest BCUT2D eigenvalue weighted by atomic mass is 16.3. The first-order valence-electron chi connectivity index (χ1n) is 22.4. The molecule has 8 aromatic carbocycles. The summed E-state index contributed by atoms with van der Waals surface area (Å²) in [7, 11) is 0. The summed E-state index contributed by atoms with van der Waals surface area (Å²) in [5.41, 5.74) is 20.6. The Bertz CT molecular complexity index is 3360. The van der Waals surface area contributed by atoms with Crippen LogP contribution in [0.15, 0.2) is 194 Å². The van der Waals surface area contributed by atoms with Gasteiger partial charge in [0.05, 0.1) is 28.0 Å². The molecule has 2 aromatic heterocycles. The van der Waals surface area contributed by atoms with Crippen LogP contribution in [0.4, 0.5) is 0 Å². The SMILES string of the molecule is Cc1cc(C)c(O)c(-c2nc3c(-c4cc(-c5ccccc5)cc(-c5cc(-c6ccccc6)ccn5)c4)cccc3n2-c2cc(C)c(-c3ccccc3)cc2-c2ccc(C(C)(C)C)cc2)c1. The summed E-state index contributed by atoms with van der Waals surface area (Å²) in [5.74, 6) is 0.896. The smallest absolute Gasteiger partial charge is 0.149 e. The molecule has 0 unspecified atom stereocenters. The molecule has 4 nitrogen and oxygen atoms in total. The van der Waals surface area contributed by atoms with E-state index in [0.29, 0.717) is 11.4 Å². The van der Waals surface area contributed by atoms with Crippen molar-refractivity contribution in [2.45, 2.75) is 47.0 Å².